The van der Waals surface area contributed by atoms with Crippen LogP contribution in [0.4, 0.5) is 10.1 Å². The number of nitrogens with zero attached hydrogens (tertiary/aromatic N) is 2. The van der Waals surface area contributed by atoms with Gasteiger partial charge in [0, 0.05) is 19.2 Å². The van der Waals surface area contributed by atoms with Gasteiger partial charge in [0.1, 0.15) is 5.82 Å². The van der Waals surface area contributed by atoms with Crippen LogP contribution in [0.2, 0.25) is 0 Å². The predicted octanol–water partition coefficient (Wildman–Crippen LogP) is 1.11. The van der Waals surface area contributed by atoms with Gasteiger partial charge in [0.25, 0.3) is 5.56 Å². The Morgan fingerprint density at radius 3 is 2.85 bits per heavy atom. The van der Waals surface area contributed by atoms with Gasteiger partial charge in [-0.3, -0.25) is 4.79 Å². The zero-order valence-corrected chi connectivity index (χ0v) is 11.3. The lowest BCUT2D eigenvalue weighted by molar-refractivity contribution is 0.616. The van der Waals surface area contributed by atoms with Crippen LogP contribution >= 0.6 is 0 Å². The molecule has 0 radical (unpaired) electrons. The monoisotopic (exact) mass is 276 g/mol. The van der Waals surface area contributed by atoms with Crippen molar-refractivity contribution in [3.63, 3.8) is 0 Å². The molecule has 0 bridgehead atoms. The molecule has 2 aromatic rings. The topological polar surface area (TPSA) is 72.9 Å². The van der Waals surface area contributed by atoms with E-state index in [1.54, 1.807) is 19.2 Å². The van der Waals surface area contributed by atoms with Gasteiger partial charge in [0.05, 0.1) is 18.4 Å². The molecule has 0 fully saturated rings. The van der Waals surface area contributed by atoms with Crippen molar-refractivity contribution < 1.29 is 4.39 Å². The van der Waals surface area contributed by atoms with Crippen LogP contribution in [0, 0.1) is 12.7 Å². The molecule has 106 valence electrons. The molecule has 0 aliphatic heterocycles. The minimum absolute atomic E-state index is 0.212. The fraction of sp³-hybridized carbons (Fsp3) is 0.286. The third-order valence-corrected chi connectivity index (χ3v) is 2.97. The molecular weight excluding hydrogens is 259 g/mol. The molecule has 0 spiro atoms. The largest absolute Gasteiger partial charge is 0.382 e. The van der Waals surface area contributed by atoms with E-state index >= 15 is 0 Å². The number of anilines is 1. The van der Waals surface area contributed by atoms with Gasteiger partial charge in [-0.25, -0.2) is 9.07 Å². The zero-order valence-electron chi connectivity index (χ0n) is 11.3. The standard InChI is InChI=1S/C14H17FN4O/c1-10-6-12(15)3-2-11(10)9-19-14(20)7-13(8-18-19)17-5-4-16/h2-3,6-8,17H,4-5,9,16H2,1H3. The van der Waals surface area contributed by atoms with Crippen LogP contribution < -0.4 is 16.6 Å². The van der Waals surface area contributed by atoms with Crippen molar-refractivity contribution in [3.8, 4) is 0 Å². The van der Waals surface area contributed by atoms with Crippen LogP contribution in [-0.2, 0) is 6.54 Å². The first-order chi connectivity index (χ1) is 9.60. The van der Waals surface area contributed by atoms with Crippen molar-refractivity contribution in [3.05, 3.63) is 57.8 Å². The van der Waals surface area contributed by atoms with Crippen molar-refractivity contribution in [2.75, 3.05) is 18.4 Å². The summed E-state index contributed by atoms with van der Waals surface area (Å²) < 4.78 is 14.4. The van der Waals surface area contributed by atoms with Gasteiger partial charge >= 0.3 is 0 Å². The van der Waals surface area contributed by atoms with Crippen molar-refractivity contribution in [1.82, 2.24) is 9.78 Å². The lowest BCUT2D eigenvalue weighted by Crippen LogP contribution is -2.24. The summed E-state index contributed by atoms with van der Waals surface area (Å²) in [5.41, 5.74) is 7.47. The number of benzene rings is 1. The Kier molecular flexibility index (Phi) is 4.47. The second-order valence-corrected chi connectivity index (χ2v) is 4.53. The molecule has 5 nitrogen and oxygen atoms in total. The first-order valence-corrected chi connectivity index (χ1v) is 6.36. The van der Waals surface area contributed by atoms with Crippen LogP contribution in [0.3, 0.4) is 0 Å². The smallest absolute Gasteiger partial charge is 0.269 e. The number of hydrogen-bond donors (Lipinski definition) is 2. The Morgan fingerprint density at radius 2 is 2.20 bits per heavy atom. The fourth-order valence-electron chi connectivity index (χ4n) is 1.86. The van der Waals surface area contributed by atoms with Gasteiger partial charge in [0.15, 0.2) is 0 Å². The number of rotatable bonds is 5. The Hall–Kier alpha value is -2.21. The SMILES string of the molecule is Cc1cc(F)ccc1Cn1ncc(NCCN)cc1=O. The van der Waals surface area contributed by atoms with E-state index in [4.69, 9.17) is 5.73 Å². The minimum atomic E-state index is -0.284. The highest BCUT2D eigenvalue weighted by Crippen LogP contribution is 2.11. The summed E-state index contributed by atoms with van der Waals surface area (Å²) in [7, 11) is 0. The minimum Gasteiger partial charge on any atom is -0.382 e. The summed E-state index contributed by atoms with van der Waals surface area (Å²) in [6, 6.07) is 5.96. The molecule has 0 aliphatic carbocycles. The van der Waals surface area contributed by atoms with Crippen LogP contribution in [0.15, 0.2) is 35.3 Å². The second-order valence-electron chi connectivity index (χ2n) is 4.53. The Balaban J connectivity index is 2.19. The van der Waals surface area contributed by atoms with Gasteiger partial charge in [-0.05, 0) is 30.2 Å². The van der Waals surface area contributed by atoms with Crippen molar-refractivity contribution >= 4 is 5.69 Å². The highest BCUT2D eigenvalue weighted by molar-refractivity contribution is 5.38. The summed E-state index contributed by atoms with van der Waals surface area (Å²) in [5.74, 6) is -0.284. The van der Waals surface area contributed by atoms with Gasteiger partial charge in [0.2, 0.25) is 0 Å². The van der Waals surface area contributed by atoms with Crippen molar-refractivity contribution in [2.24, 2.45) is 5.73 Å². The zero-order chi connectivity index (χ0) is 14.5. The lowest BCUT2D eigenvalue weighted by atomic mass is 10.1. The highest BCUT2D eigenvalue weighted by atomic mass is 19.1. The molecular formula is C14H17FN4O. The van der Waals surface area contributed by atoms with E-state index in [0.29, 0.717) is 25.3 Å². The molecule has 2 rings (SSSR count). The van der Waals surface area contributed by atoms with E-state index in [9.17, 15) is 9.18 Å². The summed E-state index contributed by atoms with van der Waals surface area (Å²) in [6.45, 7) is 3.20. The van der Waals surface area contributed by atoms with E-state index in [1.165, 1.54) is 22.9 Å². The second kappa shape index (κ2) is 6.29. The Morgan fingerprint density at radius 1 is 1.40 bits per heavy atom. The molecule has 0 saturated heterocycles. The van der Waals surface area contributed by atoms with Gasteiger partial charge in [-0.2, -0.15) is 5.10 Å². The molecule has 0 atom stereocenters. The third-order valence-electron chi connectivity index (χ3n) is 2.97. The van der Waals surface area contributed by atoms with Gasteiger partial charge in [-0.1, -0.05) is 6.07 Å². The number of aromatic nitrogens is 2. The first kappa shape index (κ1) is 14.2. The van der Waals surface area contributed by atoms with E-state index < -0.39 is 0 Å². The van der Waals surface area contributed by atoms with Crippen LogP contribution in [-0.4, -0.2) is 22.9 Å². The lowest BCUT2D eigenvalue weighted by Gasteiger charge is -2.09. The van der Waals surface area contributed by atoms with Crippen LogP contribution in [0.5, 0.6) is 0 Å². The fourth-order valence-corrected chi connectivity index (χ4v) is 1.86. The van der Waals surface area contributed by atoms with Gasteiger partial charge in [-0.15, -0.1) is 0 Å². The van der Waals surface area contributed by atoms with Crippen LogP contribution in [0.25, 0.3) is 0 Å². The normalized spacial score (nSPS) is 10.6. The maximum absolute atomic E-state index is 13.0. The molecule has 3 N–H and O–H groups in total. The summed E-state index contributed by atoms with van der Waals surface area (Å²) in [6.07, 6.45) is 1.58. The quantitative estimate of drug-likeness (QED) is 0.858. The molecule has 6 heteroatoms. The molecule has 1 aromatic heterocycles. The average Bonchev–Trinajstić information content (AvgIpc) is 2.42. The third kappa shape index (κ3) is 3.42. The molecule has 0 amide bonds. The summed E-state index contributed by atoms with van der Waals surface area (Å²) in [4.78, 5) is 11.9. The van der Waals surface area contributed by atoms with Crippen LogP contribution in [0.1, 0.15) is 11.1 Å². The first-order valence-electron chi connectivity index (χ1n) is 6.36. The average molecular weight is 276 g/mol. The maximum Gasteiger partial charge on any atom is 0.269 e. The predicted molar refractivity (Wildman–Crippen MR) is 76.3 cm³/mol. The summed E-state index contributed by atoms with van der Waals surface area (Å²) >= 11 is 0. The van der Waals surface area contributed by atoms with Crippen molar-refractivity contribution in [2.45, 2.75) is 13.5 Å². The van der Waals surface area contributed by atoms with E-state index in [-0.39, 0.29) is 11.4 Å². The highest BCUT2D eigenvalue weighted by Gasteiger charge is 2.04. The summed E-state index contributed by atoms with van der Waals surface area (Å²) in [5, 5.41) is 7.09. The molecule has 0 unspecified atom stereocenters. The molecule has 1 heterocycles. The molecule has 0 saturated carbocycles. The Bertz CT molecular complexity index is 654. The number of hydrogen-bond acceptors (Lipinski definition) is 4. The molecule has 0 aliphatic rings. The maximum atomic E-state index is 13.0. The number of halogens is 1. The van der Waals surface area contributed by atoms with E-state index in [0.717, 1.165) is 11.1 Å². The molecule has 1 aromatic carbocycles. The van der Waals surface area contributed by atoms with Gasteiger partial charge < -0.3 is 11.1 Å². The number of aryl methyl sites for hydroxylation is 1. The van der Waals surface area contributed by atoms with Crippen molar-refractivity contribution in [1.29, 1.82) is 0 Å². The van der Waals surface area contributed by atoms with E-state index in [2.05, 4.69) is 10.4 Å². The number of nitrogens with two attached hydrogens (primary N) is 1. The van der Waals surface area contributed by atoms with E-state index in [1.807, 2.05) is 0 Å². The number of nitrogens with one attached hydrogen (secondary N) is 1. The molecule has 20 heavy (non-hydrogen) atoms. The Labute approximate surface area is 116 Å².